The van der Waals surface area contributed by atoms with Gasteiger partial charge in [-0.3, -0.25) is 0 Å². The van der Waals surface area contributed by atoms with E-state index >= 15 is 0 Å². The van der Waals surface area contributed by atoms with Crippen LogP contribution in [0.1, 0.15) is 18.4 Å². The second-order valence-electron chi connectivity index (χ2n) is 6.94. The van der Waals surface area contributed by atoms with Crippen molar-refractivity contribution in [3.63, 3.8) is 0 Å². The molecule has 3 aromatic carbocycles. The normalized spacial score (nSPS) is 10.7. The first-order chi connectivity index (χ1) is 13.8. The predicted octanol–water partition coefficient (Wildman–Crippen LogP) is 6.71. The van der Waals surface area contributed by atoms with E-state index in [1.165, 1.54) is 22.4 Å². The molecule has 28 heavy (non-hydrogen) atoms. The molecule has 0 spiro atoms. The summed E-state index contributed by atoms with van der Waals surface area (Å²) in [4.78, 5) is 4.76. The number of nitrogens with zero attached hydrogens (tertiary/aromatic N) is 2. The van der Waals surface area contributed by atoms with Gasteiger partial charge in [0, 0.05) is 17.7 Å². The summed E-state index contributed by atoms with van der Waals surface area (Å²) >= 11 is 0. The van der Waals surface area contributed by atoms with Crippen molar-refractivity contribution < 1.29 is 0 Å². The molecular formula is C26H24N2. The van der Waals surface area contributed by atoms with Crippen LogP contribution in [0.3, 0.4) is 0 Å². The van der Waals surface area contributed by atoms with Gasteiger partial charge in [0.1, 0.15) is 0 Å². The van der Waals surface area contributed by atoms with Crippen LogP contribution in [0.15, 0.2) is 104 Å². The maximum Gasteiger partial charge on any atom is 0.0963 e. The molecule has 0 N–H and O–H groups in total. The lowest BCUT2D eigenvalue weighted by atomic mass is 10.0. The molecule has 0 bridgehead atoms. The van der Waals surface area contributed by atoms with E-state index in [4.69, 9.17) is 4.98 Å². The van der Waals surface area contributed by atoms with E-state index in [0.29, 0.717) is 0 Å². The van der Waals surface area contributed by atoms with Crippen molar-refractivity contribution in [1.29, 1.82) is 0 Å². The molecule has 1 aromatic heterocycles. The molecule has 4 aromatic rings. The molecule has 0 radical (unpaired) electrons. The van der Waals surface area contributed by atoms with E-state index in [0.717, 1.165) is 30.6 Å². The minimum absolute atomic E-state index is 0.913. The Morgan fingerprint density at radius 2 is 1.32 bits per heavy atom. The van der Waals surface area contributed by atoms with Crippen LogP contribution in [0.2, 0.25) is 0 Å². The average molecular weight is 364 g/mol. The van der Waals surface area contributed by atoms with Crippen LogP contribution in [0, 0.1) is 0 Å². The molecule has 0 atom stereocenters. The van der Waals surface area contributed by atoms with E-state index in [9.17, 15) is 0 Å². The van der Waals surface area contributed by atoms with Gasteiger partial charge >= 0.3 is 0 Å². The molecule has 0 amide bonds. The standard InChI is InChI=1S/C26H24N2/c1-21(22-13-5-2-6-14-22)12-11-19-28-20-27-25(23-15-7-3-8-16-23)26(28)24-17-9-4-10-18-24/h2-10,13-18,20H,1,11-12,19H2. The zero-order chi connectivity index (χ0) is 19.2. The Bertz CT molecular complexity index is 1030. The molecule has 4 rings (SSSR count). The Morgan fingerprint density at radius 3 is 1.96 bits per heavy atom. The Labute approximate surface area is 166 Å². The summed E-state index contributed by atoms with van der Waals surface area (Å²) in [6.07, 6.45) is 3.96. The quantitative estimate of drug-likeness (QED) is 0.356. The number of rotatable bonds is 7. The van der Waals surface area contributed by atoms with Crippen molar-refractivity contribution in [2.75, 3.05) is 0 Å². The molecule has 0 aliphatic carbocycles. The molecule has 0 unspecified atom stereocenters. The third-order valence-corrected chi connectivity index (χ3v) is 4.99. The first-order valence-corrected chi connectivity index (χ1v) is 9.72. The van der Waals surface area contributed by atoms with E-state index in [-0.39, 0.29) is 0 Å². The van der Waals surface area contributed by atoms with Gasteiger partial charge in [0.2, 0.25) is 0 Å². The van der Waals surface area contributed by atoms with Gasteiger partial charge in [-0.1, -0.05) is 97.6 Å². The highest BCUT2D eigenvalue weighted by molar-refractivity contribution is 5.78. The number of allylic oxidation sites excluding steroid dienone is 1. The SMILES string of the molecule is C=C(CCCn1cnc(-c2ccccc2)c1-c1ccccc1)c1ccccc1. The van der Waals surface area contributed by atoms with Crippen LogP contribution in [0.5, 0.6) is 0 Å². The Kier molecular flexibility index (Phi) is 5.48. The lowest BCUT2D eigenvalue weighted by Gasteiger charge is -2.12. The lowest BCUT2D eigenvalue weighted by Crippen LogP contribution is -2.00. The minimum atomic E-state index is 0.913. The first-order valence-electron chi connectivity index (χ1n) is 9.72. The first kappa shape index (κ1) is 18.0. The molecular weight excluding hydrogens is 340 g/mol. The molecule has 2 heteroatoms. The van der Waals surface area contributed by atoms with E-state index in [1.54, 1.807) is 0 Å². The van der Waals surface area contributed by atoms with Gasteiger partial charge in [-0.2, -0.15) is 0 Å². The fourth-order valence-electron chi connectivity index (χ4n) is 3.54. The Hall–Kier alpha value is -3.39. The van der Waals surface area contributed by atoms with Gasteiger partial charge in [0.15, 0.2) is 0 Å². The van der Waals surface area contributed by atoms with Gasteiger partial charge in [0.05, 0.1) is 17.7 Å². The van der Waals surface area contributed by atoms with Crippen LogP contribution < -0.4 is 0 Å². The molecule has 2 nitrogen and oxygen atoms in total. The minimum Gasteiger partial charge on any atom is -0.330 e. The molecule has 0 saturated heterocycles. The second kappa shape index (κ2) is 8.53. The summed E-state index contributed by atoms with van der Waals surface area (Å²) in [7, 11) is 0. The molecule has 1 heterocycles. The average Bonchev–Trinajstić information content (AvgIpc) is 3.19. The fraction of sp³-hybridized carbons (Fsp3) is 0.115. The smallest absolute Gasteiger partial charge is 0.0963 e. The lowest BCUT2D eigenvalue weighted by molar-refractivity contribution is 0.659. The van der Waals surface area contributed by atoms with Crippen molar-refractivity contribution >= 4 is 5.57 Å². The summed E-state index contributed by atoms with van der Waals surface area (Å²) in [6.45, 7) is 5.18. The van der Waals surface area contributed by atoms with Crippen molar-refractivity contribution in [1.82, 2.24) is 9.55 Å². The highest BCUT2D eigenvalue weighted by Crippen LogP contribution is 2.31. The zero-order valence-electron chi connectivity index (χ0n) is 16.0. The summed E-state index contributed by atoms with van der Waals surface area (Å²) in [5.41, 5.74) is 6.96. The van der Waals surface area contributed by atoms with Crippen molar-refractivity contribution in [2.45, 2.75) is 19.4 Å². The molecule has 0 fully saturated rings. The van der Waals surface area contributed by atoms with Crippen molar-refractivity contribution in [2.24, 2.45) is 0 Å². The summed E-state index contributed by atoms with van der Waals surface area (Å²) in [5.74, 6) is 0. The monoisotopic (exact) mass is 364 g/mol. The van der Waals surface area contributed by atoms with Crippen LogP contribution in [0.25, 0.3) is 28.1 Å². The Morgan fingerprint density at radius 1 is 0.750 bits per heavy atom. The van der Waals surface area contributed by atoms with E-state index in [1.807, 2.05) is 18.5 Å². The predicted molar refractivity (Wildman–Crippen MR) is 118 cm³/mol. The fourth-order valence-corrected chi connectivity index (χ4v) is 3.54. The summed E-state index contributed by atoms with van der Waals surface area (Å²) in [6, 6.07) is 31.4. The van der Waals surface area contributed by atoms with Crippen molar-refractivity contribution in [3.05, 3.63) is 109 Å². The highest BCUT2D eigenvalue weighted by Gasteiger charge is 2.14. The van der Waals surface area contributed by atoms with Gasteiger partial charge in [-0.25, -0.2) is 4.98 Å². The highest BCUT2D eigenvalue weighted by atomic mass is 15.1. The van der Waals surface area contributed by atoms with Crippen LogP contribution in [0.4, 0.5) is 0 Å². The third-order valence-electron chi connectivity index (χ3n) is 4.99. The van der Waals surface area contributed by atoms with E-state index in [2.05, 4.69) is 90.0 Å². The Balaban J connectivity index is 1.57. The van der Waals surface area contributed by atoms with Gasteiger partial charge in [-0.05, 0) is 24.0 Å². The topological polar surface area (TPSA) is 17.8 Å². The van der Waals surface area contributed by atoms with Crippen LogP contribution >= 0.6 is 0 Å². The maximum absolute atomic E-state index is 4.76. The number of hydrogen-bond donors (Lipinski definition) is 0. The molecule has 0 aliphatic heterocycles. The van der Waals surface area contributed by atoms with Gasteiger partial charge in [0.25, 0.3) is 0 Å². The zero-order valence-corrected chi connectivity index (χ0v) is 16.0. The number of aromatic nitrogens is 2. The molecule has 138 valence electrons. The van der Waals surface area contributed by atoms with Gasteiger partial charge < -0.3 is 4.57 Å². The number of aryl methyl sites for hydroxylation is 1. The maximum atomic E-state index is 4.76. The van der Waals surface area contributed by atoms with Crippen molar-refractivity contribution in [3.8, 4) is 22.5 Å². The molecule has 0 aliphatic rings. The van der Waals surface area contributed by atoms with E-state index < -0.39 is 0 Å². The van der Waals surface area contributed by atoms with Crippen LogP contribution in [-0.2, 0) is 6.54 Å². The third kappa shape index (κ3) is 3.96. The van der Waals surface area contributed by atoms with Gasteiger partial charge in [-0.15, -0.1) is 0 Å². The summed E-state index contributed by atoms with van der Waals surface area (Å²) in [5, 5.41) is 0. The summed E-state index contributed by atoms with van der Waals surface area (Å²) < 4.78 is 2.27. The number of hydrogen-bond acceptors (Lipinski definition) is 1. The molecule has 0 saturated carbocycles. The van der Waals surface area contributed by atoms with Crippen LogP contribution in [-0.4, -0.2) is 9.55 Å². The largest absolute Gasteiger partial charge is 0.330 e. The second-order valence-corrected chi connectivity index (χ2v) is 6.94. The number of benzene rings is 3. The number of imidazole rings is 1.